The zero-order chi connectivity index (χ0) is 14.5. The van der Waals surface area contributed by atoms with Gasteiger partial charge in [0.2, 0.25) is 0 Å². The Bertz CT molecular complexity index is 553. The van der Waals surface area contributed by atoms with Gasteiger partial charge in [0, 0.05) is 0 Å². The van der Waals surface area contributed by atoms with Crippen molar-refractivity contribution < 1.29 is 4.74 Å². The number of benzene rings is 2. The number of hydrogen-bond donors (Lipinski definition) is 1. The zero-order valence-electron chi connectivity index (χ0n) is 12.6. The van der Waals surface area contributed by atoms with E-state index >= 15 is 0 Å². The average molecular weight is 281 g/mol. The molecule has 21 heavy (non-hydrogen) atoms. The third-order valence-corrected chi connectivity index (χ3v) is 4.30. The van der Waals surface area contributed by atoms with Crippen molar-refractivity contribution in [3.63, 3.8) is 0 Å². The molecule has 0 spiro atoms. The van der Waals surface area contributed by atoms with Crippen molar-refractivity contribution in [1.82, 2.24) is 5.32 Å². The standard InChI is InChI=1S/C19H23NO/c1-21-19-10-8-18(9-11-19)17-6-4-15(5-7-17)13-16-3-2-12-20-14-16/h4-11,16,20H,2-3,12-14H2,1H3. The molecular weight excluding hydrogens is 258 g/mol. The van der Waals surface area contributed by atoms with Gasteiger partial charge in [-0.25, -0.2) is 0 Å². The van der Waals surface area contributed by atoms with Gasteiger partial charge in [-0.1, -0.05) is 36.4 Å². The minimum atomic E-state index is 0.797. The van der Waals surface area contributed by atoms with E-state index in [2.05, 4.69) is 41.7 Å². The van der Waals surface area contributed by atoms with Gasteiger partial charge in [0.15, 0.2) is 0 Å². The van der Waals surface area contributed by atoms with Gasteiger partial charge in [-0.2, -0.15) is 0 Å². The number of nitrogens with one attached hydrogen (secondary N) is 1. The molecule has 0 amide bonds. The van der Waals surface area contributed by atoms with Crippen molar-refractivity contribution in [3.8, 4) is 16.9 Å². The summed E-state index contributed by atoms with van der Waals surface area (Å²) in [5.74, 6) is 1.70. The number of piperidine rings is 1. The van der Waals surface area contributed by atoms with Crippen LogP contribution in [0.25, 0.3) is 11.1 Å². The van der Waals surface area contributed by atoms with Crippen LogP contribution in [0.3, 0.4) is 0 Å². The van der Waals surface area contributed by atoms with Crippen molar-refractivity contribution in [3.05, 3.63) is 54.1 Å². The molecule has 110 valence electrons. The lowest BCUT2D eigenvalue weighted by Gasteiger charge is -2.22. The molecule has 2 aromatic carbocycles. The predicted molar refractivity (Wildman–Crippen MR) is 87.7 cm³/mol. The first kappa shape index (κ1) is 14.2. The van der Waals surface area contributed by atoms with Crippen LogP contribution in [0.15, 0.2) is 48.5 Å². The van der Waals surface area contributed by atoms with Crippen molar-refractivity contribution in [1.29, 1.82) is 0 Å². The van der Waals surface area contributed by atoms with Crippen LogP contribution in [-0.2, 0) is 6.42 Å². The lowest BCUT2D eigenvalue weighted by atomic mass is 9.91. The Hall–Kier alpha value is -1.80. The summed E-state index contributed by atoms with van der Waals surface area (Å²) in [4.78, 5) is 0. The first-order valence-electron chi connectivity index (χ1n) is 7.79. The summed E-state index contributed by atoms with van der Waals surface area (Å²) >= 11 is 0. The molecule has 0 bridgehead atoms. The summed E-state index contributed by atoms with van der Waals surface area (Å²) in [5, 5.41) is 3.49. The van der Waals surface area contributed by atoms with Crippen LogP contribution >= 0.6 is 0 Å². The van der Waals surface area contributed by atoms with Gasteiger partial charge in [-0.3, -0.25) is 0 Å². The van der Waals surface area contributed by atoms with Crippen LogP contribution in [0.5, 0.6) is 5.75 Å². The second-order valence-corrected chi connectivity index (χ2v) is 5.84. The molecule has 0 saturated carbocycles. The van der Waals surface area contributed by atoms with Crippen molar-refractivity contribution >= 4 is 0 Å². The SMILES string of the molecule is COc1ccc(-c2ccc(CC3CCCNC3)cc2)cc1. The average Bonchev–Trinajstić information content (AvgIpc) is 2.57. The second kappa shape index (κ2) is 6.77. The first-order valence-corrected chi connectivity index (χ1v) is 7.79. The molecule has 1 N–H and O–H groups in total. The molecule has 0 aliphatic carbocycles. The van der Waals surface area contributed by atoms with Crippen LogP contribution < -0.4 is 10.1 Å². The van der Waals surface area contributed by atoms with E-state index in [0.717, 1.165) is 11.7 Å². The normalized spacial score (nSPS) is 18.4. The van der Waals surface area contributed by atoms with Crippen LogP contribution in [0.4, 0.5) is 0 Å². The molecule has 1 unspecified atom stereocenters. The molecular formula is C19H23NO. The predicted octanol–water partition coefficient (Wildman–Crippen LogP) is 3.90. The summed E-state index contributed by atoms with van der Waals surface area (Å²) in [6.07, 6.45) is 3.86. The van der Waals surface area contributed by atoms with Gasteiger partial charge in [-0.05, 0) is 67.1 Å². The second-order valence-electron chi connectivity index (χ2n) is 5.84. The summed E-state index contributed by atoms with van der Waals surface area (Å²) in [6.45, 7) is 2.35. The molecule has 1 fully saturated rings. The van der Waals surface area contributed by atoms with Gasteiger partial charge < -0.3 is 10.1 Å². The highest BCUT2D eigenvalue weighted by Crippen LogP contribution is 2.24. The molecule has 1 aliphatic heterocycles. The zero-order valence-corrected chi connectivity index (χ0v) is 12.6. The van der Waals surface area contributed by atoms with E-state index in [9.17, 15) is 0 Å². The van der Waals surface area contributed by atoms with Crippen molar-refractivity contribution in [2.75, 3.05) is 20.2 Å². The van der Waals surface area contributed by atoms with Gasteiger partial charge in [0.05, 0.1) is 7.11 Å². The van der Waals surface area contributed by atoms with Crippen molar-refractivity contribution in [2.45, 2.75) is 19.3 Å². The maximum Gasteiger partial charge on any atom is 0.118 e. The van der Waals surface area contributed by atoms with E-state index in [1.165, 1.54) is 49.0 Å². The molecule has 1 aliphatic rings. The minimum Gasteiger partial charge on any atom is -0.497 e. The van der Waals surface area contributed by atoms with Crippen molar-refractivity contribution in [2.24, 2.45) is 5.92 Å². The largest absolute Gasteiger partial charge is 0.497 e. The Kier molecular flexibility index (Phi) is 4.56. The molecule has 2 heteroatoms. The quantitative estimate of drug-likeness (QED) is 0.917. The lowest BCUT2D eigenvalue weighted by Crippen LogP contribution is -2.30. The molecule has 2 nitrogen and oxygen atoms in total. The van der Waals surface area contributed by atoms with Gasteiger partial charge in [0.1, 0.15) is 5.75 Å². The maximum absolute atomic E-state index is 5.20. The molecule has 2 aromatic rings. The Labute approximate surface area is 127 Å². The Morgan fingerprint density at radius 3 is 2.24 bits per heavy atom. The first-order chi connectivity index (χ1) is 10.3. The highest BCUT2D eigenvalue weighted by molar-refractivity contribution is 5.64. The topological polar surface area (TPSA) is 21.3 Å². The molecule has 3 rings (SSSR count). The number of hydrogen-bond acceptors (Lipinski definition) is 2. The summed E-state index contributed by atoms with van der Waals surface area (Å²) in [7, 11) is 1.70. The van der Waals surface area contributed by atoms with Crippen LogP contribution in [0.1, 0.15) is 18.4 Å². The van der Waals surface area contributed by atoms with Crippen LogP contribution in [-0.4, -0.2) is 20.2 Å². The number of methoxy groups -OCH3 is 1. The molecule has 1 saturated heterocycles. The van der Waals surface area contributed by atoms with Gasteiger partial charge >= 0.3 is 0 Å². The van der Waals surface area contributed by atoms with E-state index in [4.69, 9.17) is 4.74 Å². The van der Waals surface area contributed by atoms with E-state index in [0.29, 0.717) is 0 Å². The van der Waals surface area contributed by atoms with Gasteiger partial charge in [0.25, 0.3) is 0 Å². The van der Waals surface area contributed by atoms with Crippen LogP contribution in [0, 0.1) is 5.92 Å². The fraction of sp³-hybridized carbons (Fsp3) is 0.368. The fourth-order valence-corrected chi connectivity index (χ4v) is 3.05. The van der Waals surface area contributed by atoms with E-state index < -0.39 is 0 Å². The third-order valence-electron chi connectivity index (χ3n) is 4.30. The van der Waals surface area contributed by atoms with Crippen LogP contribution in [0.2, 0.25) is 0 Å². The Morgan fingerprint density at radius 2 is 1.67 bits per heavy atom. The highest BCUT2D eigenvalue weighted by Gasteiger charge is 2.13. The van der Waals surface area contributed by atoms with E-state index in [-0.39, 0.29) is 0 Å². The Balaban J connectivity index is 1.67. The summed E-state index contributed by atoms with van der Waals surface area (Å²) in [6, 6.07) is 17.2. The molecule has 0 radical (unpaired) electrons. The van der Waals surface area contributed by atoms with E-state index in [1.807, 2.05) is 12.1 Å². The molecule has 1 atom stereocenters. The summed E-state index contributed by atoms with van der Waals surface area (Å²) < 4.78 is 5.20. The molecule has 1 heterocycles. The minimum absolute atomic E-state index is 0.797. The maximum atomic E-state index is 5.20. The number of ether oxygens (including phenoxy) is 1. The smallest absolute Gasteiger partial charge is 0.118 e. The van der Waals surface area contributed by atoms with Gasteiger partial charge in [-0.15, -0.1) is 0 Å². The monoisotopic (exact) mass is 281 g/mol. The molecule has 0 aromatic heterocycles. The lowest BCUT2D eigenvalue weighted by molar-refractivity contribution is 0.376. The Morgan fingerprint density at radius 1 is 1.00 bits per heavy atom. The fourth-order valence-electron chi connectivity index (χ4n) is 3.05. The van der Waals surface area contributed by atoms with E-state index in [1.54, 1.807) is 7.11 Å². The highest BCUT2D eigenvalue weighted by atomic mass is 16.5. The third kappa shape index (κ3) is 3.64. The summed E-state index contributed by atoms with van der Waals surface area (Å²) in [5.41, 5.74) is 3.95. The number of rotatable bonds is 4.